The molecule has 0 unspecified atom stereocenters. The molecule has 74 valence electrons. The molecule has 13 heavy (non-hydrogen) atoms. The minimum atomic E-state index is 0.167. The molecule has 0 saturated heterocycles. The first-order chi connectivity index (χ1) is 5.89. The van der Waals surface area contributed by atoms with Gasteiger partial charge >= 0.3 is 0 Å². The first-order valence-corrected chi connectivity index (χ1v) is 4.40. The van der Waals surface area contributed by atoms with E-state index in [1.807, 2.05) is 6.07 Å². The Kier molecular flexibility index (Phi) is 2.61. The Hall–Kier alpha value is -1.03. The highest BCUT2D eigenvalue weighted by Gasteiger charge is 2.17. The summed E-state index contributed by atoms with van der Waals surface area (Å²) in [5.41, 5.74) is 6.72. The standard InChI is InChI=1S/C9H18N4/c1-9(2,3)13(4)6-7-5-8(10)12-11-7/h5H,6H2,1-4H3,(H3,10,11,12). The largest absolute Gasteiger partial charge is 0.382 e. The van der Waals surface area contributed by atoms with Gasteiger partial charge in [-0.05, 0) is 27.8 Å². The van der Waals surface area contributed by atoms with Crippen molar-refractivity contribution >= 4 is 5.82 Å². The van der Waals surface area contributed by atoms with Gasteiger partial charge in [0.05, 0.1) is 5.69 Å². The van der Waals surface area contributed by atoms with E-state index in [-0.39, 0.29) is 5.54 Å². The topological polar surface area (TPSA) is 57.9 Å². The number of H-pyrrole nitrogens is 1. The van der Waals surface area contributed by atoms with Crippen LogP contribution in [0.3, 0.4) is 0 Å². The molecule has 0 radical (unpaired) electrons. The predicted molar refractivity (Wildman–Crippen MR) is 54.2 cm³/mol. The molecule has 3 N–H and O–H groups in total. The third-order valence-electron chi connectivity index (χ3n) is 2.20. The minimum absolute atomic E-state index is 0.167. The van der Waals surface area contributed by atoms with Crippen molar-refractivity contribution in [2.75, 3.05) is 12.8 Å². The monoisotopic (exact) mass is 182 g/mol. The van der Waals surface area contributed by atoms with E-state index in [2.05, 4.69) is 42.9 Å². The van der Waals surface area contributed by atoms with Gasteiger partial charge in [0.1, 0.15) is 5.82 Å². The second-order valence-electron chi connectivity index (χ2n) is 4.34. The van der Waals surface area contributed by atoms with E-state index in [4.69, 9.17) is 5.73 Å². The van der Waals surface area contributed by atoms with Gasteiger partial charge in [-0.15, -0.1) is 0 Å². The summed E-state index contributed by atoms with van der Waals surface area (Å²) >= 11 is 0. The number of aromatic nitrogens is 2. The molecule has 0 aliphatic heterocycles. The Morgan fingerprint density at radius 1 is 1.54 bits per heavy atom. The summed E-state index contributed by atoms with van der Waals surface area (Å²) in [4.78, 5) is 2.24. The summed E-state index contributed by atoms with van der Waals surface area (Å²) in [6, 6.07) is 1.86. The van der Waals surface area contributed by atoms with Crippen LogP contribution < -0.4 is 5.73 Å². The van der Waals surface area contributed by atoms with Crippen LogP contribution in [-0.2, 0) is 6.54 Å². The lowest BCUT2D eigenvalue weighted by Crippen LogP contribution is -2.37. The SMILES string of the molecule is CN(Cc1cc(N)n[nH]1)C(C)(C)C. The van der Waals surface area contributed by atoms with Crippen molar-refractivity contribution in [3.63, 3.8) is 0 Å². The maximum atomic E-state index is 5.50. The highest BCUT2D eigenvalue weighted by molar-refractivity contribution is 5.28. The number of nitrogens with zero attached hydrogens (tertiary/aromatic N) is 2. The Balaban J connectivity index is 2.60. The van der Waals surface area contributed by atoms with Crippen molar-refractivity contribution < 1.29 is 0 Å². The fraction of sp³-hybridized carbons (Fsp3) is 0.667. The van der Waals surface area contributed by atoms with Crippen LogP contribution in [0.25, 0.3) is 0 Å². The molecular weight excluding hydrogens is 164 g/mol. The number of aromatic amines is 1. The molecule has 0 fully saturated rings. The average molecular weight is 182 g/mol. The van der Waals surface area contributed by atoms with E-state index < -0.39 is 0 Å². The first-order valence-electron chi connectivity index (χ1n) is 4.40. The van der Waals surface area contributed by atoms with Gasteiger partial charge in [0.25, 0.3) is 0 Å². The molecule has 0 aliphatic rings. The maximum absolute atomic E-state index is 5.50. The lowest BCUT2D eigenvalue weighted by molar-refractivity contribution is 0.165. The third-order valence-corrected chi connectivity index (χ3v) is 2.20. The number of nitrogens with two attached hydrogens (primary N) is 1. The molecule has 4 nitrogen and oxygen atoms in total. The van der Waals surface area contributed by atoms with Crippen LogP contribution in [0.4, 0.5) is 5.82 Å². The molecule has 0 bridgehead atoms. The van der Waals surface area contributed by atoms with Crippen LogP contribution in [0.1, 0.15) is 26.5 Å². The van der Waals surface area contributed by atoms with E-state index >= 15 is 0 Å². The summed E-state index contributed by atoms with van der Waals surface area (Å²) in [5.74, 6) is 0.553. The van der Waals surface area contributed by atoms with Crippen LogP contribution in [-0.4, -0.2) is 27.7 Å². The fourth-order valence-corrected chi connectivity index (χ4v) is 0.953. The fourth-order valence-electron chi connectivity index (χ4n) is 0.953. The lowest BCUT2D eigenvalue weighted by atomic mass is 10.1. The smallest absolute Gasteiger partial charge is 0.145 e. The van der Waals surface area contributed by atoms with Gasteiger partial charge in [-0.2, -0.15) is 5.10 Å². The molecule has 0 amide bonds. The lowest BCUT2D eigenvalue weighted by Gasteiger charge is -2.31. The number of rotatable bonds is 2. The van der Waals surface area contributed by atoms with Crippen molar-refractivity contribution in [2.45, 2.75) is 32.9 Å². The van der Waals surface area contributed by atoms with Gasteiger partial charge in [-0.3, -0.25) is 10.00 Å². The summed E-state index contributed by atoms with van der Waals surface area (Å²) in [7, 11) is 2.08. The van der Waals surface area contributed by atoms with Crippen molar-refractivity contribution in [1.82, 2.24) is 15.1 Å². The molecule has 0 spiro atoms. The van der Waals surface area contributed by atoms with E-state index in [9.17, 15) is 0 Å². The van der Waals surface area contributed by atoms with E-state index in [0.717, 1.165) is 12.2 Å². The molecule has 1 rings (SSSR count). The highest BCUT2D eigenvalue weighted by atomic mass is 15.2. The molecule has 1 aromatic heterocycles. The van der Waals surface area contributed by atoms with Gasteiger partial charge in [0.15, 0.2) is 0 Å². The zero-order valence-electron chi connectivity index (χ0n) is 8.76. The third kappa shape index (κ3) is 2.73. The molecular formula is C9H18N4. The molecule has 0 atom stereocenters. The Bertz CT molecular complexity index is 271. The first kappa shape index (κ1) is 10.1. The summed E-state index contributed by atoms with van der Waals surface area (Å²) in [6.07, 6.45) is 0. The van der Waals surface area contributed by atoms with E-state index in [0.29, 0.717) is 5.82 Å². The second kappa shape index (κ2) is 3.38. The van der Waals surface area contributed by atoms with E-state index in [1.54, 1.807) is 0 Å². The summed E-state index contributed by atoms with van der Waals surface area (Å²) in [5, 5.41) is 6.77. The number of hydrogen-bond acceptors (Lipinski definition) is 3. The molecule has 4 heteroatoms. The van der Waals surface area contributed by atoms with Crippen molar-refractivity contribution in [3.05, 3.63) is 11.8 Å². The Labute approximate surface area is 79.1 Å². The minimum Gasteiger partial charge on any atom is -0.382 e. The normalized spacial score (nSPS) is 12.4. The summed E-state index contributed by atoms with van der Waals surface area (Å²) < 4.78 is 0. The van der Waals surface area contributed by atoms with Crippen molar-refractivity contribution in [2.24, 2.45) is 0 Å². The Morgan fingerprint density at radius 3 is 2.54 bits per heavy atom. The summed E-state index contributed by atoms with van der Waals surface area (Å²) in [6.45, 7) is 7.36. The number of hydrogen-bond donors (Lipinski definition) is 2. The number of anilines is 1. The van der Waals surface area contributed by atoms with Gasteiger partial charge in [0, 0.05) is 18.2 Å². The van der Waals surface area contributed by atoms with Crippen LogP contribution in [0.5, 0.6) is 0 Å². The van der Waals surface area contributed by atoms with Crippen LogP contribution >= 0.6 is 0 Å². The highest BCUT2D eigenvalue weighted by Crippen LogP contribution is 2.14. The average Bonchev–Trinajstić information content (AvgIpc) is 2.33. The van der Waals surface area contributed by atoms with Gasteiger partial charge in [-0.25, -0.2) is 0 Å². The van der Waals surface area contributed by atoms with Gasteiger partial charge in [-0.1, -0.05) is 0 Å². The predicted octanol–water partition coefficient (Wildman–Crippen LogP) is 1.22. The van der Waals surface area contributed by atoms with Gasteiger partial charge in [0.2, 0.25) is 0 Å². The maximum Gasteiger partial charge on any atom is 0.145 e. The number of nitrogen functional groups attached to an aromatic ring is 1. The number of nitrogens with one attached hydrogen (secondary N) is 1. The zero-order valence-corrected chi connectivity index (χ0v) is 8.76. The second-order valence-corrected chi connectivity index (χ2v) is 4.34. The van der Waals surface area contributed by atoms with Crippen molar-refractivity contribution in [1.29, 1.82) is 0 Å². The quantitative estimate of drug-likeness (QED) is 0.723. The molecule has 0 saturated carbocycles. The van der Waals surface area contributed by atoms with Crippen molar-refractivity contribution in [3.8, 4) is 0 Å². The van der Waals surface area contributed by atoms with E-state index in [1.165, 1.54) is 0 Å². The zero-order chi connectivity index (χ0) is 10.1. The molecule has 0 aliphatic carbocycles. The molecule has 1 aromatic rings. The Morgan fingerprint density at radius 2 is 2.15 bits per heavy atom. The molecule has 1 heterocycles. The van der Waals surface area contributed by atoms with Crippen LogP contribution in [0.2, 0.25) is 0 Å². The van der Waals surface area contributed by atoms with Crippen LogP contribution in [0, 0.1) is 0 Å². The van der Waals surface area contributed by atoms with Crippen LogP contribution in [0.15, 0.2) is 6.07 Å². The molecule has 0 aromatic carbocycles. The van der Waals surface area contributed by atoms with Gasteiger partial charge < -0.3 is 5.73 Å².